The molecule has 0 aliphatic carbocycles. The van der Waals surface area contributed by atoms with Crippen LogP contribution in [0, 0.1) is 18.8 Å². The first-order chi connectivity index (χ1) is 13.2. The summed E-state index contributed by atoms with van der Waals surface area (Å²) in [6.07, 6.45) is -3.25. The van der Waals surface area contributed by atoms with Crippen LogP contribution in [0.4, 0.5) is 13.2 Å². The van der Waals surface area contributed by atoms with E-state index in [-0.39, 0.29) is 18.0 Å². The summed E-state index contributed by atoms with van der Waals surface area (Å²) >= 11 is 0. The van der Waals surface area contributed by atoms with Crippen molar-refractivity contribution >= 4 is 5.91 Å². The summed E-state index contributed by atoms with van der Waals surface area (Å²) in [7, 11) is 0. The molecule has 152 valence electrons. The van der Waals surface area contributed by atoms with Gasteiger partial charge in [0.2, 0.25) is 5.91 Å². The van der Waals surface area contributed by atoms with Gasteiger partial charge in [0.15, 0.2) is 5.69 Å². The van der Waals surface area contributed by atoms with Gasteiger partial charge in [0.1, 0.15) is 6.54 Å². The summed E-state index contributed by atoms with van der Waals surface area (Å²) in [5.74, 6) is 0.426. The van der Waals surface area contributed by atoms with Crippen molar-refractivity contribution in [3.8, 4) is 0 Å². The van der Waals surface area contributed by atoms with E-state index in [9.17, 15) is 18.0 Å². The summed E-state index contributed by atoms with van der Waals surface area (Å²) in [5.41, 5.74) is 0.330. The number of likely N-dealkylation sites (tertiary alicyclic amines) is 1. The summed E-state index contributed by atoms with van der Waals surface area (Å²) < 4.78 is 39.5. The average Bonchev–Trinajstić information content (AvgIpc) is 3.16. The zero-order valence-electron chi connectivity index (χ0n) is 16.0. The van der Waals surface area contributed by atoms with Crippen LogP contribution in [-0.2, 0) is 24.1 Å². The molecule has 2 atom stereocenters. The van der Waals surface area contributed by atoms with Gasteiger partial charge in [-0.15, -0.1) is 0 Å². The van der Waals surface area contributed by atoms with E-state index in [1.807, 2.05) is 18.2 Å². The Balaban J connectivity index is 1.48. The number of hydrogen-bond acceptors (Lipinski definition) is 3. The number of hydrogen-bond donors (Lipinski definition) is 1. The van der Waals surface area contributed by atoms with Crippen molar-refractivity contribution in [3.05, 3.63) is 53.3 Å². The largest absolute Gasteiger partial charge is 0.435 e. The monoisotopic (exact) mass is 394 g/mol. The smallest absolute Gasteiger partial charge is 0.354 e. The van der Waals surface area contributed by atoms with Crippen molar-refractivity contribution in [2.75, 3.05) is 19.6 Å². The standard InChI is InChI=1S/C20H25F3N4O/c1-14-9-26(11-16-6-4-3-5-7-16)12-17(14)8-24-18(28)13-27-10-15(2)19(25-27)20(21,22)23/h3-7,10,14,17H,8-9,11-13H2,1-2H3,(H,24,28). The molecule has 2 unspecified atom stereocenters. The quantitative estimate of drug-likeness (QED) is 0.819. The molecule has 1 aliphatic rings. The fraction of sp³-hybridized carbons (Fsp3) is 0.500. The summed E-state index contributed by atoms with van der Waals surface area (Å²) in [5, 5.41) is 6.34. The first-order valence-corrected chi connectivity index (χ1v) is 9.36. The van der Waals surface area contributed by atoms with Crippen LogP contribution in [0.5, 0.6) is 0 Å². The van der Waals surface area contributed by atoms with Gasteiger partial charge >= 0.3 is 6.18 Å². The Kier molecular flexibility index (Phi) is 6.07. The third-order valence-corrected chi connectivity index (χ3v) is 5.17. The molecule has 1 fully saturated rings. The van der Waals surface area contributed by atoms with Gasteiger partial charge < -0.3 is 5.32 Å². The van der Waals surface area contributed by atoms with Gasteiger partial charge in [-0.05, 0) is 29.9 Å². The number of benzene rings is 1. The lowest BCUT2D eigenvalue weighted by Crippen LogP contribution is -2.34. The Morgan fingerprint density at radius 2 is 1.96 bits per heavy atom. The molecule has 1 amide bonds. The van der Waals surface area contributed by atoms with Crippen LogP contribution in [0.2, 0.25) is 0 Å². The SMILES string of the molecule is Cc1cn(CC(=O)NCC2CN(Cc3ccccc3)CC2C)nc1C(F)(F)F. The molecule has 1 aromatic heterocycles. The van der Waals surface area contributed by atoms with Gasteiger partial charge in [0, 0.05) is 32.4 Å². The first kappa shape index (κ1) is 20.4. The van der Waals surface area contributed by atoms with Crippen molar-refractivity contribution in [2.45, 2.75) is 33.1 Å². The lowest BCUT2D eigenvalue weighted by Gasteiger charge is -2.16. The Bertz CT molecular complexity index is 804. The molecule has 0 spiro atoms. The lowest BCUT2D eigenvalue weighted by molar-refractivity contribution is -0.142. The number of carbonyl (C=O) groups is 1. The van der Waals surface area contributed by atoms with Gasteiger partial charge in [0.05, 0.1) is 0 Å². The maximum Gasteiger partial charge on any atom is 0.435 e. The maximum atomic E-state index is 12.8. The van der Waals surface area contributed by atoms with Crippen LogP contribution in [0.1, 0.15) is 23.7 Å². The van der Waals surface area contributed by atoms with Crippen LogP contribution in [-0.4, -0.2) is 40.2 Å². The molecule has 28 heavy (non-hydrogen) atoms. The number of halogens is 3. The number of alkyl halides is 3. The van der Waals surface area contributed by atoms with E-state index in [4.69, 9.17) is 0 Å². The first-order valence-electron chi connectivity index (χ1n) is 9.36. The second kappa shape index (κ2) is 8.34. The van der Waals surface area contributed by atoms with Crippen LogP contribution in [0.3, 0.4) is 0 Å². The fourth-order valence-corrected chi connectivity index (χ4v) is 3.71. The molecule has 5 nitrogen and oxygen atoms in total. The molecule has 2 aromatic rings. The minimum atomic E-state index is -4.51. The van der Waals surface area contributed by atoms with E-state index in [1.54, 1.807) is 0 Å². The predicted molar refractivity (Wildman–Crippen MR) is 99.3 cm³/mol. The van der Waals surface area contributed by atoms with Crippen LogP contribution >= 0.6 is 0 Å². The van der Waals surface area contributed by atoms with Crippen LogP contribution in [0.25, 0.3) is 0 Å². The third kappa shape index (κ3) is 5.13. The number of nitrogens with zero attached hydrogens (tertiary/aromatic N) is 3. The molecular formula is C20H25F3N4O. The Hall–Kier alpha value is -2.35. The zero-order valence-corrected chi connectivity index (χ0v) is 16.0. The summed E-state index contributed by atoms with van der Waals surface area (Å²) in [4.78, 5) is 14.5. The van der Waals surface area contributed by atoms with Crippen LogP contribution in [0.15, 0.2) is 36.5 Å². The average molecular weight is 394 g/mol. The highest BCUT2D eigenvalue weighted by molar-refractivity contribution is 5.75. The predicted octanol–water partition coefficient (Wildman–Crippen LogP) is 3.09. The Morgan fingerprint density at radius 1 is 1.25 bits per heavy atom. The minimum absolute atomic E-state index is 0.0151. The Labute approximate surface area is 162 Å². The lowest BCUT2D eigenvalue weighted by atomic mass is 9.98. The van der Waals surface area contributed by atoms with Crippen molar-refractivity contribution in [3.63, 3.8) is 0 Å². The number of carbonyl (C=O) groups excluding carboxylic acids is 1. The molecule has 1 aliphatic heterocycles. The molecule has 2 heterocycles. The highest BCUT2D eigenvalue weighted by Gasteiger charge is 2.36. The second-order valence-corrected chi connectivity index (χ2v) is 7.58. The molecule has 8 heteroatoms. The number of aromatic nitrogens is 2. The van der Waals surface area contributed by atoms with Gasteiger partial charge in [-0.25, -0.2) is 0 Å². The van der Waals surface area contributed by atoms with Crippen molar-refractivity contribution in [1.82, 2.24) is 20.0 Å². The number of aryl methyl sites for hydroxylation is 1. The van der Waals surface area contributed by atoms with Crippen molar-refractivity contribution in [2.24, 2.45) is 11.8 Å². The van der Waals surface area contributed by atoms with E-state index in [2.05, 4.69) is 34.4 Å². The van der Waals surface area contributed by atoms with Gasteiger partial charge in [-0.3, -0.25) is 14.4 Å². The second-order valence-electron chi connectivity index (χ2n) is 7.58. The number of nitrogens with one attached hydrogen (secondary N) is 1. The molecule has 0 radical (unpaired) electrons. The Morgan fingerprint density at radius 3 is 2.61 bits per heavy atom. The maximum absolute atomic E-state index is 12.8. The molecular weight excluding hydrogens is 369 g/mol. The number of amides is 1. The van der Waals surface area contributed by atoms with E-state index < -0.39 is 11.9 Å². The van der Waals surface area contributed by atoms with Crippen molar-refractivity contribution in [1.29, 1.82) is 0 Å². The molecule has 0 bridgehead atoms. The van der Waals surface area contributed by atoms with E-state index in [0.29, 0.717) is 18.4 Å². The summed E-state index contributed by atoms with van der Waals surface area (Å²) in [6, 6.07) is 10.2. The van der Waals surface area contributed by atoms with Gasteiger partial charge in [-0.1, -0.05) is 37.3 Å². The third-order valence-electron chi connectivity index (χ3n) is 5.17. The van der Waals surface area contributed by atoms with Gasteiger partial charge in [0.25, 0.3) is 0 Å². The highest BCUT2D eigenvalue weighted by Crippen LogP contribution is 2.30. The zero-order chi connectivity index (χ0) is 20.3. The minimum Gasteiger partial charge on any atom is -0.354 e. The highest BCUT2D eigenvalue weighted by atomic mass is 19.4. The van der Waals surface area contributed by atoms with Gasteiger partial charge in [-0.2, -0.15) is 18.3 Å². The van der Waals surface area contributed by atoms with E-state index >= 15 is 0 Å². The van der Waals surface area contributed by atoms with E-state index in [0.717, 1.165) is 24.3 Å². The van der Waals surface area contributed by atoms with Crippen LogP contribution < -0.4 is 5.32 Å². The normalized spacial score (nSPS) is 20.5. The van der Waals surface area contributed by atoms with E-state index in [1.165, 1.54) is 18.7 Å². The summed E-state index contributed by atoms with van der Waals surface area (Å²) in [6.45, 7) is 6.52. The molecule has 0 saturated carbocycles. The van der Waals surface area contributed by atoms with Crippen molar-refractivity contribution < 1.29 is 18.0 Å². The topological polar surface area (TPSA) is 50.2 Å². The fourth-order valence-electron chi connectivity index (χ4n) is 3.71. The number of rotatable bonds is 6. The molecule has 1 aromatic carbocycles. The molecule has 1 saturated heterocycles. The molecule has 1 N–H and O–H groups in total. The molecule has 3 rings (SSSR count).